The molecular weight excluding hydrogens is 223 g/mol. The molecule has 1 rings (SSSR count). The minimum atomic E-state index is -1.03. The molecule has 14 heavy (non-hydrogen) atoms. The Morgan fingerprint density at radius 1 is 1.21 bits per heavy atom. The van der Waals surface area contributed by atoms with Gasteiger partial charge in [-0.2, -0.15) is 0 Å². The van der Waals surface area contributed by atoms with E-state index in [0.717, 1.165) is 0 Å². The molecular formula is C10H12Cl2O2. The van der Waals surface area contributed by atoms with Crippen LogP contribution in [0.15, 0.2) is 18.2 Å². The first-order valence-corrected chi connectivity index (χ1v) is 5.13. The van der Waals surface area contributed by atoms with Gasteiger partial charge in [-0.25, -0.2) is 0 Å². The van der Waals surface area contributed by atoms with Crippen molar-refractivity contribution in [1.82, 2.24) is 0 Å². The van der Waals surface area contributed by atoms with Crippen LogP contribution in [0, 0.1) is 0 Å². The molecule has 0 amide bonds. The van der Waals surface area contributed by atoms with Crippen molar-refractivity contribution in [2.45, 2.75) is 25.6 Å². The maximum absolute atomic E-state index is 9.73. The normalized spacial score (nSPS) is 15.2. The molecule has 78 valence electrons. The Morgan fingerprint density at radius 3 is 2.14 bits per heavy atom. The summed E-state index contributed by atoms with van der Waals surface area (Å²) in [6, 6.07) is 4.96. The van der Waals surface area contributed by atoms with Crippen LogP contribution in [0.4, 0.5) is 0 Å². The summed E-state index contributed by atoms with van der Waals surface area (Å²) < 4.78 is 0. The van der Waals surface area contributed by atoms with Crippen molar-refractivity contribution in [3.8, 4) is 0 Å². The van der Waals surface area contributed by atoms with Crippen LogP contribution in [0.1, 0.15) is 25.0 Å². The highest BCUT2D eigenvalue weighted by Gasteiger charge is 2.21. The van der Waals surface area contributed by atoms with Gasteiger partial charge in [-0.3, -0.25) is 0 Å². The number of benzene rings is 1. The molecule has 0 aliphatic carbocycles. The molecule has 2 atom stereocenters. The summed E-state index contributed by atoms with van der Waals surface area (Å²) in [7, 11) is 0. The molecule has 0 radical (unpaired) electrons. The van der Waals surface area contributed by atoms with E-state index < -0.39 is 12.2 Å². The number of aliphatic hydroxyl groups excluding tert-OH is 2. The van der Waals surface area contributed by atoms with Crippen molar-refractivity contribution in [3.05, 3.63) is 33.8 Å². The lowest BCUT2D eigenvalue weighted by Gasteiger charge is -2.18. The van der Waals surface area contributed by atoms with Crippen LogP contribution in [0.5, 0.6) is 0 Å². The lowest BCUT2D eigenvalue weighted by Crippen LogP contribution is -2.17. The number of rotatable bonds is 3. The molecule has 0 spiro atoms. The third-order valence-corrected chi connectivity index (χ3v) is 2.74. The molecule has 2 nitrogen and oxygen atoms in total. The van der Waals surface area contributed by atoms with Crippen molar-refractivity contribution in [3.63, 3.8) is 0 Å². The van der Waals surface area contributed by atoms with Gasteiger partial charge in [-0.15, -0.1) is 0 Å². The zero-order valence-electron chi connectivity index (χ0n) is 7.74. The van der Waals surface area contributed by atoms with Crippen molar-refractivity contribution < 1.29 is 10.2 Å². The van der Waals surface area contributed by atoms with Crippen molar-refractivity contribution in [2.75, 3.05) is 0 Å². The van der Waals surface area contributed by atoms with Gasteiger partial charge in [0.2, 0.25) is 0 Å². The summed E-state index contributed by atoms with van der Waals surface area (Å²) in [5, 5.41) is 19.9. The number of hydrogen-bond acceptors (Lipinski definition) is 2. The summed E-state index contributed by atoms with van der Waals surface area (Å²) in [6.07, 6.45) is -1.42. The molecule has 0 aromatic heterocycles. The lowest BCUT2D eigenvalue weighted by molar-refractivity contribution is 0.0166. The second-order valence-corrected chi connectivity index (χ2v) is 3.87. The van der Waals surface area contributed by atoms with Crippen LogP contribution >= 0.6 is 23.2 Å². The SMILES string of the molecule is CCC(O)[C@@H](O)c1c(Cl)cccc1Cl. The molecule has 0 aliphatic rings. The number of halogens is 2. The van der Waals surface area contributed by atoms with Gasteiger partial charge in [0, 0.05) is 15.6 Å². The zero-order chi connectivity index (χ0) is 10.7. The highest BCUT2D eigenvalue weighted by atomic mass is 35.5. The Bertz CT molecular complexity index is 295. The van der Waals surface area contributed by atoms with Gasteiger partial charge in [-0.05, 0) is 18.6 Å². The van der Waals surface area contributed by atoms with Crippen LogP contribution in [-0.4, -0.2) is 16.3 Å². The van der Waals surface area contributed by atoms with E-state index >= 15 is 0 Å². The minimum absolute atomic E-state index is 0.373. The van der Waals surface area contributed by atoms with Crippen LogP contribution in [0.25, 0.3) is 0 Å². The molecule has 0 saturated carbocycles. The van der Waals surface area contributed by atoms with Crippen LogP contribution in [0.3, 0.4) is 0 Å². The quantitative estimate of drug-likeness (QED) is 0.845. The van der Waals surface area contributed by atoms with E-state index in [-0.39, 0.29) is 0 Å². The first kappa shape index (κ1) is 11.8. The molecule has 0 aliphatic heterocycles. The Hall–Kier alpha value is -0.280. The molecule has 0 heterocycles. The van der Waals surface area contributed by atoms with Gasteiger partial charge in [-0.1, -0.05) is 36.2 Å². The minimum Gasteiger partial charge on any atom is -0.390 e. The van der Waals surface area contributed by atoms with E-state index in [0.29, 0.717) is 22.0 Å². The summed E-state index contributed by atoms with van der Waals surface area (Å²) in [5.41, 5.74) is 0.394. The molecule has 1 unspecified atom stereocenters. The maximum Gasteiger partial charge on any atom is 0.108 e. The van der Waals surface area contributed by atoms with Crippen LogP contribution < -0.4 is 0 Å². The second kappa shape index (κ2) is 4.99. The number of hydrogen-bond donors (Lipinski definition) is 2. The van der Waals surface area contributed by atoms with E-state index in [1.54, 1.807) is 25.1 Å². The highest BCUT2D eigenvalue weighted by molar-refractivity contribution is 6.36. The van der Waals surface area contributed by atoms with Crippen LogP contribution in [-0.2, 0) is 0 Å². The molecule has 1 aromatic rings. The van der Waals surface area contributed by atoms with Crippen molar-refractivity contribution in [1.29, 1.82) is 0 Å². The summed E-state index contributed by atoms with van der Waals surface area (Å²) in [5.74, 6) is 0. The van der Waals surface area contributed by atoms with E-state index in [4.69, 9.17) is 23.2 Å². The van der Waals surface area contributed by atoms with Gasteiger partial charge >= 0.3 is 0 Å². The Morgan fingerprint density at radius 2 is 1.71 bits per heavy atom. The first-order valence-electron chi connectivity index (χ1n) is 4.38. The molecule has 2 N–H and O–H groups in total. The molecule has 0 bridgehead atoms. The van der Waals surface area contributed by atoms with Crippen molar-refractivity contribution >= 4 is 23.2 Å². The van der Waals surface area contributed by atoms with Gasteiger partial charge in [0.25, 0.3) is 0 Å². The lowest BCUT2D eigenvalue weighted by atomic mass is 10.0. The largest absolute Gasteiger partial charge is 0.390 e. The zero-order valence-corrected chi connectivity index (χ0v) is 9.26. The van der Waals surface area contributed by atoms with Gasteiger partial charge < -0.3 is 10.2 Å². The monoisotopic (exact) mass is 234 g/mol. The average molecular weight is 235 g/mol. The van der Waals surface area contributed by atoms with Gasteiger partial charge in [0.15, 0.2) is 0 Å². The van der Waals surface area contributed by atoms with Gasteiger partial charge in [0.1, 0.15) is 6.10 Å². The van der Waals surface area contributed by atoms with Crippen molar-refractivity contribution in [2.24, 2.45) is 0 Å². The first-order chi connectivity index (χ1) is 6.57. The highest BCUT2D eigenvalue weighted by Crippen LogP contribution is 2.32. The molecule has 1 aromatic carbocycles. The molecule has 4 heteroatoms. The molecule has 0 fully saturated rings. The third-order valence-electron chi connectivity index (χ3n) is 2.08. The van der Waals surface area contributed by atoms with E-state index in [1.165, 1.54) is 0 Å². The topological polar surface area (TPSA) is 40.5 Å². The van der Waals surface area contributed by atoms with Crippen LogP contribution in [0.2, 0.25) is 10.0 Å². The van der Waals surface area contributed by atoms with E-state index in [2.05, 4.69) is 0 Å². The third kappa shape index (κ3) is 2.39. The Balaban J connectivity index is 3.05. The average Bonchev–Trinajstić information content (AvgIpc) is 2.16. The van der Waals surface area contributed by atoms with Gasteiger partial charge in [0.05, 0.1) is 6.10 Å². The van der Waals surface area contributed by atoms with E-state index in [1.807, 2.05) is 0 Å². The predicted molar refractivity (Wildman–Crippen MR) is 57.7 cm³/mol. The summed E-state index contributed by atoms with van der Waals surface area (Å²) >= 11 is 11.7. The summed E-state index contributed by atoms with van der Waals surface area (Å²) in [6.45, 7) is 1.78. The fraction of sp³-hybridized carbons (Fsp3) is 0.400. The summed E-state index contributed by atoms with van der Waals surface area (Å²) in [4.78, 5) is 0. The Kier molecular flexibility index (Phi) is 4.20. The van der Waals surface area contributed by atoms with E-state index in [9.17, 15) is 10.2 Å². The predicted octanol–water partition coefficient (Wildman–Crippen LogP) is 2.80. The standard InChI is InChI=1S/C10H12Cl2O2/c1-2-8(13)10(14)9-6(11)4-3-5-7(9)12/h3-5,8,10,13-14H,2H2,1H3/t8?,10-/m1/s1. The molecule has 0 saturated heterocycles. The maximum atomic E-state index is 9.73. The smallest absolute Gasteiger partial charge is 0.108 e. The fourth-order valence-electron chi connectivity index (χ4n) is 1.21. The fourth-order valence-corrected chi connectivity index (χ4v) is 1.83. The second-order valence-electron chi connectivity index (χ2n) is 3.06. The number of aliphatic hydroxyl groups is 2. The Labute approximate surface area is 93.1 Å².